The number of aromatic nitrogens is 6. The number of benzene rings is 2. The normalized spacial score (nSPS) is 16.8. The molecule has 1 aliphatic rings. The summed E-state index contributed by atoms with van der Waals surface area (Å²) in [6.45, 7) is 1.70. The zero-order chi connectivity index (χ0) is 25.0. The summed E-state index contributed by atoms with van der Waals surface area (Å²) < 4.78 is 28.4. The fraction of sp³-hybridized carbons (Fsp3) is 0.120. The maximum atomic E-state index is 13.5. The van der Waals surface area contributed by atoms with Gasteiger partial charge in [-0.25, -0.2) is 33.2 Å². The minimum Gasteiger partial charge on any atom is -0.383 e. The van der Waals surface area contributed by atoms with Gasteiger partial charge in [0, 0.05) is 6.42 Å². The highest BCUT2D eigenvalue weighted by atomic mass is 19.1. The molecule has 2 aromatic carbocycles. The van der Waals surface area contributed by atoms with Crippen LogP contribution >= 0.6 is 0 Å². The van der Waals surface area contributed by atoms with E-state index in [1.54, 1.807) is 41.9 Å². The molecule has 1 aliphatic heterocycles. The molecule has 0 bridgehead atoms. The van der Waals surface area contributed by atoms with Crippen LogP contribution in [0.1, 0.15) is 29.3 Å². The maximum absolute atomic E-state index is 13.5. The van der Waals surface area contributed by atoms with Gasteiger partial charge < -0.3 is 11.1 Å². The van der Waals surface area contributed by atoms with E-state index >= 15 is 0 Å². The van der Waals surface area contributed by atoms with Gasteiger partial charge in [-0.05, 0) is 42.3 Å². The van der Waals surface area contributed by atoms with Crippen molar-refractivity contribution < 1.29 is 13.6 Å². The van der Waals surface area contributed by atoms with Crippen molar-refractivity contribution in [2.24, 2.45) is 0 Å². The predicted molar refractivity (Wildman–Crippen MR) is 127 cm³/mol. The molecule has 0 spiro atoms. The number of rotatable bonds is 4. The van der Waals surface area contributed by atoms with Gasteiger partial charge in [0.25, 0.3) is 0 Å². The molecular formula is C25H18F2N8O. The summed E-state index contributed by atoms with van der Waals surface area (Å²) in [6, 6.07) is 11.8. The highest BCUT2D eigenvalue weighted by Crippen LogP contribution is 2.44. The topological polar surface area (TPSA) is 124 Å². The van der Waals surface area contributed by atoms with Crippen molar-refractivity contribution in [2.45, 2.75) is 18.8 Å². The molecule has 0 saturated heterocycles. The number of nitrogens with one attached hydrogen (secondary N) is 1. The first-order chi connectivity index (χ1) is 17.3. The predicted octanol–water partition coefficient (Wildman–Crippen LogP) is 3.29. The SMILES string of the molecule is C[C@@]1(c2ccc(F)cc2)C(=O)Nc2nc(-c3cn4ncnc4c(Cc4ccc(F)cc4)n3)nc(N)c21. The summed E-state index contributed by atoms with van der Waals surface area (Å²) in [7, 11) is 0. The van der Waals surface area contributed by atoms with Gasteiger partial charge in [-0.15, -0.1) is 0 Å². The molecule has 11 heteroatoms. The van der Waals surface area contributed by atoms with Crippen LogP contribution in [0.4, 0.5) is 20.4 Å². The Bertz CT molecular complexity index is 1650. The van der Waals surface area contributed by atoms with Gasteiger partial charge in [-0.1, -0.05) is 24.3 Å². The van der Waals surface area contributed by atoms with Crippen LogP contribution in [0.25, 0.3) is 17.2 Å². The van der Waals surface area contributed by atoms with Crippen molar-refractivity contribution >= 4 is 23.2 Å². The molecule has 0 unspecified atom stereocenters. The van der Waals surface area contributed by atoms with Crippen LogP contribution in [0.5, 0.6) is 0 Å². The number of hydrogen-bond donors (Lipinski definition) is 2. The fourth-order valence-corrected chi connectivity index (χ4v) is 4.49. The Balaban J connectivity index is 1.45. The van der Waals surface area contributed by atoms with Crippen molar-refractivity contribution in [1.29, 1.82) is 0 Å². The van der Waals surface area contributed by atoms with Gasteiger partial charge >= 0.3 is 0 Å². The van der Waals surface area contributed by atoms with Crippen LogP contribution in [-0.2, 0) is 16.6 Å². The first-order valence-corrected chi connectivity index (χ1v) is 11.0. The Morgan fingerprint density at radius 3 is 2.42 bits per heavy atom. The van der Waals surface area contributed by atoms with Crippen molar-refractivity contribution in [1.82, 2.24) is 29.5 Å². The van der Waals surface area contributed by atoms with Gasteiger partial charge in [-0.3, -0.25) is 4.79 Å². The largest absolute Gasteiger partial charge is 0.383 e. The highest BCUT2D eigenvalue weighted by molar-refractivity contribution is 6.09. The molecule has 0 fully saturated rings. The van der Waals surface area contributed by atoms with Gasteiger partial charge in [-0.2, -0.15) is 5.10 Å². The van der Waals surface area contributed by atoms with Crippen LogP contribution in [0.2, 0.25) is 0 Å². The van der Waals surface area contributed by atoms with Crippen LogP contribution in [0.15, 0.2) is 61.1 Å². The number of nitrogens with zero attached hydrogens (tertiary/aromatic N) is 6. The minimum absolute atomic E-state index is 0.0979. The van der Waals surface area contributed by atoms with Crippen LogP contribution in [0.3, 0.4) is 0 Å². The molecule has 36 heavy (non-hydrogen) atoms. The summed E-state index contributed by atoms with van der Waals surface area (Å²) >= 11 is 0. The van der Waals surface area contributed by atoms with E-state index in [9.17, 15) is 13.6 Å². The summed E-state index contributed by atoms with van der Waals surface area (Å²) in [6.07, 6.45) is 3.39. The Morgan fingerprint density at radius 2 is 1.69 bits per heavy atom. The smallest absolute Gasteiger partial charge is 0.240 e. The quantitative estimate of drug-likeness (QED) is 0.401. The van der Waals surface area contributed by atoms with E-state index in [1.807, 2.05) is 0 Å². The lowest BCUT2D eigenvalue weighted by Gasteiger charge is -2.23. The van der Waals surface area contributed by atoms with Gasteiger partial charge in [0.1, 0.15) is 40.7 Å². The van der Waals surface area contributed by atoms with E-state index in [2.05, 4.69) is 25.4 Å². The average Bonchev–Trinajstić information content (AvgIpc) is 3.44. The molecule has 0 radical (unpaired) electrons. The number of nitrogen functional groups attached to an aromatic ring is 1. The first-order valence-electron chi connectivity index (χ1n) is 11.0. The zero-order valence-electron chi connectivity index (χ0n) is 18.9. The second-order valence-corrected chi connectivity index (χ2v) is 8.65. The lowest BCUT2D eigenvalue weighted by molar-refractivity contribution is -0.119. The first kappa shape index (κ1) is 21.7. The average molecular weight is 484 g/mol. The third kappa shape index (κ3) is 3.35. The maximum Gasteiger partial charge on any atom is 0.240 e. The molecule has 5 aromatic rings. The summed E-state index contributed by atoms with van der Waals surface area (Å²) in [5, 5.41) is 7.00. The van der Waals surface area contributed by atoms with E-state index < -0.39 is 11.2 Å². The van der Waals surface area contributed by atoms with E-state index in [-0.39, 0.29) is 29.2 Å². The third-order valence-corrected chi connectivity index (χ3v) is 6.39. The Morgan fingerprint density at radius 1 is 1.00 bits per heavy atom. The van der Waals surface area contributed by atoms with Crippen molar-refractivity contribution in [3.05, 3.63) is 95.1 Å². The number of hydrogen-bond acceptors (Lipinski definition) is 7. The van der Waals surface area contributed by atoms with E-state index in [1.165, 1.54) is 30.6 Å². The standard InChI is InChI=1S/C25H18F2N8O/c1-25(14-4-8-16(27)9-5-14)19-20(28)32-21(33-22(19)34-24(25)36)18-11-35-23(29-12-30-35)17(31-18)10-13-2-6-15(26)7-3-13/h2-9,11-12H,10H2,1H3,(H3,28,32,33,34,36)/t25-/m0/s1. The monoisotopic (exact) mass is 484 g/mol. The molecule has 6 rings (SSSR count). The van der Waals surface area contributed by atoms with Crippen molar-refractivity contribution in [3.8, 4) is 11.5 Å². The third-order valence-electron chi connectivity index (χ3n) is 6.39. The van der Waals surface area contributed by atoms with Crippen molar-refractivity contribution in [2.75, 3.05) is 11.1 Å². The van der Waals surface area contributed by atoms with Crippen LogP contribution in [0, 0.1) is 11.6 Å². The number of halogens is 2. The van der Waals surface area contributed by atoms with Gasteiger partial charge in [0.2, 0.25) is 5.91 Å². The fourth-order valence-electron chi connectivity index (χ4n) is 4.49. The number of carbonyl (C=O) groups is 1. The molecule has 1 amide bonds. The van der Waals surface area contributed by atoms with Gasteiger partial charge in [0.05, 0.1) is 17.5 Å². The Kier molecular flexibility index (Phi) is 4.75. The highest BCUT2D eigenvalue weighted by Gasteiger charge is 2.47. The Labute approximate surface area is 203 Å². The second kappa shape index (κ2) is 7.87. The van der Waals surface area contributed by atoms with Crippen molar-refractivity contribution in [3.63, 3.8) is 0 Å². The number of anilines is 2. The summed E-state index contributed by atoms with van der Waals surface area (Å²) in [5.41, 5.74) is 8.47. The second-order valence-electron chi connectivity index (χ2n) is 8.65. The number of carbonyl (C=O) groups excluding carboxylic acids is 1. The molecule has 3 N–H and O–H groups in total. The van der Waals surface area contributed by atoms with Crippen LogP contribution in [-0.4, -0.2) is 35.5 Å². The van der Waals surface area contributed by atoms with E-state index in [0.29, 0.717) is 34.6 Å². The Hall–Kier alpha value is -4.80. The molecule has 1 atom stereocenters. The number of fused-ring (bicyclic) bond motifs is 2. The molecule has 0 saturated carbocycles. The lowest BCUT2D eigenvalue weighted by Crippen LogP contribution is -2.33. The summed E-state index contributed by atoms with van der Waals surface area (Å²) in [5.74, 6) is -0.543. The van der Waals surface area contributed by atoms with E-state index in [0.717, 1.165) is 5.56 Å². The molecule has 3 aromatic heterocycles. The zero-order valence-corrected chi connectivity index (χ0v) is 18.9. The molecular weight excluding hydrogens is 466 g/mol. The number of nitrogens with two attached hydrogens (primary N) is 1. The summed E-state index contributed by atoms with van der Waals surface area (Å²) in [4.78, 5) is 31.1. The molecule has 0 aliphatic carbocycles. The minimum atomic E-state index is -1.19. The van der Waals surface area contributed by atoms with Gasteiger partial charge in [0.15, 0.2) is 11.5 Å². The van der Waals surface area contributed by atoms with E-state index in [4.69, 9.17) is 10.7 Å². The number of amides is 1. The molecule has 178 valence electrons. The lowest BCUT2D eigenvalue weighted by atomic mass is 9.78. The molecule has 4 heterocycles. The molecule has 9 nitrogen and oxygen atoms in total. The van der Waals surface area contributed by atoms with Crippen LogP contribution < -0.4 is 11.1 Å².